The Bertz CT molecular complexity index is 179. The molecule has 2 nitrogen and oxygen atoms in total. The zero-order chi connectivity index (χ0) is 11.3. The molecule has 1 unspecified atom stereocenters. The zero-order valence-corrected chi connectivity index (χ0v) is 10.9. The first-order valence-electron chi connectivity index (χ1n) is 6.46. The maximum absolute atomic E-state index is 5.79. The van der Waals surface area contributed by atoms with Crippen LogP contribution in [0.4, 0.5) is 0 Å². The molecule has 0 radical (unpaired) electrons. The van der Waals surface area contributed by atoms with Crippen molar-refractivity contribution in [3.63, 3.8) is 0 Å². The minimum absolute atomic E-state index is 0.0308. The Kier molecular flexibility index (Phi) is 5.07. The molecule has 0 amide bonds. The van der Waals surface area contributed by atoms with Gasteiger partial charge in [0.05, 0.1) is 12.2 Å². The number of hydrogen-bond donors (Lipinski definition) is 0. The Morgan fingerprint density at radius 1 is 1.27 bits per heavy atom. The van der Waals surface area contributed by atoms with Crippen LogP contribution >= 0.6 is 0 Å². The van der Waals surface area contributed by atoms with Crippen molar-refractivity contribution in [2.45, 2.75) is 65.0 Å². The summed E-state index contributed by atoms with van der Waals surface area (Å²) in [5.74, 6) is 0. The molecule has 0 spiro atoms. The van der Waals surface area contributed by atoms with Crippen molar-refractivity contribution < 1.29 is 4.74 Å². The molecule has 1 aliphatic rings. The fourth-order valence-electron chi connectivity index (χ4n) is 2.23. The van der Waals surface area contributed by atoms with Gasteiger partial charge in [0.15, 0.2) is 0 Å². The monoisotopic (exact) mass is 213 g/mol. The first-order chi connectivity index (χ1) is 7.08. The van der Waals surface area contributed by atoms with Gasteiger partial charge in [0.2, 0.25) is 0 Å². The predicted octanol–water partition coefficient (Wildman–Crippen LogP) is 3.07. The minimum Gasteiger partial charge on any atom is -0.373 e. The molecule has 0 bridgehead atoms. The van der Waals surface area contributed by atoms with Gasteiger partial charge in [0.25, 0.3) is 0 Å². The zero-order valence-electron chi connectivity index (χ0n) is 10.9. The van der Waals surface area contributed by atoms with E-state index in [2.05, 4.69) is 32.6 Å². The van der Waals surface area contributed by atoms with E-state index >= 15 is 0 Å². The van der Waals surface area contributed by atoms with E-state index < -0.39 is 0 Å². The molecule has 1 aliphatic heterocycles. The second kappa shape index (κ2) is 5.86. The summed E-state index contributed by atoms with van der Waals surface area (Å²) in [6, 6.07) is 0.549. The van der Waals surface area contributed by atoms with E-state index in [1.54, 1.807) is 0 Å². The number of morpholine rings is 1. The lowest BCUT2D eigenvalue weighted by Crippen LogP contribution is -2.55. The van der Waals surface area contributed by atoms with Crippen LogP contribution < -0.4 is 0 Å². The Morgan fingerprint density at radius 2 is 2.00 bits per heavy atom. The van der Waals surface area contributed by atoms with Crippen molar-refractivity contribution >= 4 is 0 Å². The normalized spacial score (nSPS) is 26.8. The highest BCUT2D eigenvalue weighted by molar-refractivity contribution is 4.87. The molecule has 90 valence electrons. The Balaban J connectivity index is 2.28. The van der Waals surface area contributed by atoms with Gasteiger partial charge in [-0.25, -0.2) is 0 Å². The van der Waals surface area contributed by atoms with E-state index in [1.807, 2.05) is 0 Å². The predicted molar refractivity (Wildman–Crippen MR) is 65.2 cm³/mol. The highest BCUT2D eigenvalue weighted by Crippen LogP contribution is 2.24. The van der Waals surface area contributed by atoms with Crippen LogP contribution in [0.25, 0.3) is 0 Å². The molecule has 1 fully saturated rings. The highest BCUT2D eigenvalue weighted by Gasteiger charge is 2.34. The average molecular weight is 213 g/mol. The molecule has 0 aromatic carbocycles. The van der Waals surface area contributed by atoms with Crippen LogP contribution in [0.2, 0.25) is 0 Å². The maximum atomic E-state index is 5.79. The van der Waals surface area contributed by atoms with E-state index in [-0.39, 0.29) is 5.60 Å². The fraction of sp³-hybridized carbons (Fsp3) is 1.00. The summed E-state index contributed by atoms with van der Waals surface area (Å²) in [5.41, 5.74) is 0.0308. The van der Waals surface area contributed by atoms with Crippen LogP contribution in [0.15, 0.2) is 0 Å². The van der Waals surface area contributed by atoms with Crippen LogP contribution in [0, 0.1) is 0 Å². The standard InChI is InChI=1S/C13H27NO/c1-5-6-7-8-9-14-10-11-15-13(3,4)12(14)2/h12H,5-11H2,1-4H3. The smallest absolute Gasteiger partial charge is 0.0778 e. The average Bonchev–Trinajstić information content (AvgIpc) is 2.19. The molecular formula is C13H27NO. The second-order valence-corrected chi connectivity index (χ2v) is 5.22. The molecule has 0 aromatic heterocycles. The number of rotatable bonds is 5. The lowest BCUT2D eigenvalue weighted by molar-refractivity contribution is -0.121. The summed E-state index contributed by atoms with van der Waals surface area (Å²) in [4.78, 5) is 2.58. The van der Waals surface area contributed by atoms with Gasteiger partial charge < -0.3 is 4.74 Å². The molecule has 15 heavy (non-hydrogen) atoms. The number of hydrogen-bond acceptors (Lipinski definition) is 2. The van der Waals surface area contributed by atoms with Gasteiger partial charge in [-0.2, -0.15) is 0 Å². The molecule has 2 heteroatoms. The Hall–Kier alpha value is -0.0800. The van der Waals surface area contributed by atoms with E-state index in [0.717, 1.165) is 13.2 Å². The summed E-state index contributed by atoms with van der Waals surface area (Å²) in [7, 11) is 0. The van der Waals surface area contributed by atoms with Gasteiger partial charge in [-0.15, -0.1) is 0 Å². The molecule has 0 saturated carbocycles. The summed E-state index contributed by atoms with van der Waals surface area (Å²) < 4.78 is 5.79. The topological polar surface area (TPSA) is 12.5 Å². The summed E-state index contributed by atoms with van der Waals surface area (Å²) in [6.07, 6.45) is 5.42. The van der Waals surface area contributed by atoms with Gasteiger partial charge in [-0.3, -0.25) is 4.90 Å². The first-order valence-corrected chi connectivity index (χ1v) is 6.46. The molecule has 1 atom stereocenters. The molecular weight excluding hydrogens is 186 g/mol. The van der Waals surface area contributed by atoms with E-state index in [4.69, 9.17) is 4.74 Å². The van der Waals surface area contributed by atoms with Crippen molar-refractivity contribution in [3.05, 3.63) is 0 Å². The van der Waals surface area contributed by atoms with Crippen molar-refractivity contribution in [2.75, 3.05) is 19.7 Å². The summed E-state index contributed by atoms with van der Waals surface area (Å²) in [5, 5.41) is 0. The van der Waals surface area contributed by atoms with E-state index in [1.165, 1.54) is 32.2 Å². The highest BCUT2D eigenvalue weighted by atomic mass is 16.5. The largest absolute Gasteiger partial charge is 0.373 e. The molecule has 0 aromatic rings. The number of ether oxygens (including phenoxy) is 1. The summed E-state index contributed by atoms with van der Waals surface area (Å²) in [6.45, 7) is 12.2. The van der Waals surface area contributed by atoms with Crippen LogP contribution in [0.1, 0.15) is 53.4 Å². The lowest BCUT2D eigenvalue weighted by Gasteiger charge is -2.44. The molecule has 0 aliphatic carbocycles. The second-order valence-electron chi connectivity index (χ2n) is 5.22. The molecule has 0 N–H and O–H groups in total. The molecule has 1 saturated heterocycles. The van der Waals surface area contributed by atoms with Crippen LogP contribution in [-0.4, -0.2) is 36.2 Å². The maximum Gasteiger partial charge on any atom is 0.0778 e. The third kappa shape index (κ3) is 3.76. The van der Waals surface area contributed by atoms with Crippen LogP contribution in [-0.2, 0) is 4.74 Å². The minimum atomic E-state index is 0.0308. The lowest BCUT2D eigenvalue weighted by atomic mass is 9.96. The van der Waals surface area contributed by atoms with Crippen molar-refractivity contribution in [3.8, 4) is 0 Å². The quantitative estimate of drug-likeness (QED) is 0.651. The third-order valence-corrected chi connectivity index (χ3v) is 3.71. The van der Waals surface area contributed by atoms with Crippen molar-refractivity contribution in [2.24, 2.45) is 0 Å². The van der Waals surface area contributed by atoms with E-state index in [9.17, 15) is 0 Å². The van der Waals surface area contributed by atoms with Crippen LogP contribution in [0.5, 0.6) is 0 Å². The Morgan fingerprint density at radius 3 is 2.67 bits per heavy atom. The van der Waals surface area contributed by atoms with Gasteiger partial charge in [-0.05, 0) is 33.7 Å². The first kappa shape index (κ1) is 13.0. The van der Waals surface area contributed by atoms with E-state index in [0.29, 0.717) is 6.04 Å². The number of nitrogens with zero attached hydrogens (tertiary/aromatic N) is 1. The van der Waals surface area contributed by atoms with Crippen molar-refractivity contribution in [1.82, 2.24) is 4.90 Å². The molecule has 1 heterocycles. The van der Waals surface area contributed by atoms with Gasteiger partial charge >= 0.3 is 0 Å². The Labute approximate surface area is 95.0 Å². The van der Waals surface area contributed by atoms with Gasteiger partial charge in [0.1, 0.15) is 0 Å². The van der Waals surface area contributed by atoms with Crippen molar-refractivity contribution in [1.29, 1.82) is 0 Å². The van der Waals surface area contributed by atoms with Gasteiger partial charge in [-0.1, -0.05) is 26.2 Å². The van der Waals surface area contributed by atoms with Gasteiger partial charge in [0, 0.05) is 12.6 Å². The fourth-order valence-corrected chi connectivity index (χ4v) is 2.23. The third-order valence-electron chi connectivity index (χ3n) is 3.71. The summed E-state index contributed by atoms with van der Waals surface area (Å²) >= 11 is 0. The van der Waals surface area contributed by atoms with Crippen LogP contribution in [0.3, 0.4) is 0 Å². The SMILES string of the molecule is CCCCCCN1CCOC(C)(C)C1C. The number of unbranched alkanes of at least 4 members (excludes halogenated alkanes) is 3. The molecule has 1 rings (SSSR count).